The number of rotatable bonds is 11. The van der Waals surface area contributed by atoms with Gasteiger partial charge in [-0.3, -0.25) is 4.79 Å². The number of hydrogen-bond acceptors (Lipinski definition) is 4. The number of benzene rings is 1. The molecule has 0 fully saturated rings. The van der Waals surface area contributed by atoms with E-state index in [4.69, 9.17) is 4.74 Å². The zero-order chi connectivity index (χ0) is 21.0. The SMILES string of the molecule is CC(=O)OC/C=C(\C)CC/C=C(\C)CC/C=C(\C)CS(=O)(=O)c1ccccc1. The van der Waals surface area contributed by atoms with Crippen LogP contribution in [0.1, 0.15) is 53.4 Å². The minimum atomic E-state index is -3.27. The number of allylic oxidation sites excluding steroid dienone is 4. The third-order valence-corrected chi connectivity index (χ3v) is 6.13. The van der Waals surface area contributed by atoms with Gasteiger partial charge in [0.2, 0.25) is 0 Å². The Morgan fingerprint density at radius 1 is 0.857 bits per heavy atom. The first-order valence-electron chi connectivity index (χ1n) is 9.59. The molecule has 1 rings (SSSR count). The van der Waals surface area contributed by atoms with Crippen molar-refractivity contribution in [1.82, 2.24) is 0 Å². The third-order valence-electron chi connectivity index (χ3n) is 4.30. The van der Waals surface area contributed by atoms with E-state index < -0.39 is 9.84 Å². The van der Waals surface area contributed by atoms with Gasteiger partial charge in [-0.05, 0) is 64.7 Å². The van der Waals surface area contributed by atoms with E-state index in [-0.39, 0.29) is 11.7 Å². The molecule has 0 unspecified atom stereocenters. The number of carbonyl (C=O) groups excluding carboxylic acids is 1. The summed E-state index contributed by atoms with van der Waals surface area (Å²) in [6.07, 6.45) is 9.79. The van der Waals surface area contributed by atoms with Gasteiger partial charge in [0.15, 0.2) is 9.84 Å². The minimum Gasteiger partial charge on any atom is -0.462 e. The molecule has 28 heavy (non-hydrogen) atoms. The number of ether oxygens (including phenoxy) is 1. The number of carbonyl (C=O) groups is 1. The smallest absolute Gasteiger partial charge is 0.302 e. The molecule has 154 valence electrons. The standard InChI is InChI=1S/C23H32O4S/c1-19(10-8-12-20(2)16-17-27-22(4)24)11-9-13-21(3)18-28(25,26)23-14-6-5-7-15-23/h5-7,10,13-16H,8-9,11-12,17-18H2,1-4H3/b19-10+,20-16+,21-13+. The van der Waals surface area contributed by atoms with Gasteiger partial charge in [0.25, 0.3) is 0 Å². The lowest BCUT2D eigenvalue weighted by molar-refractivity contribution is -0.139. The molecule has 0 amide bonds. The summed E-state index contributed by atoms with van der Waals surface area (Å²) in [4.78, 5) is 11.1. The Morgan fingerprint density at radius 3 is 1.96 bits per heavy atom. The van der Waals surface area contributed by atoms with Crippen LogP contribution in [0.15, 0.2) is 70.2 Å². The molecule has 0 aromatic heterocycles. The molecule has 0 atom stereocenters. The fourth-order valence-corrected chi connectivity index (χ4v) is 4.12. The highest BCUT2D eigenvalue weighted by atomic mass is 32.2. The third kappa shape index (κ3) is 10.3. The monoisotopic (exact) mass is 404 g/mol. The summed E-state index contributed by atoms with van der Waals surface area (Å²) in [5, 5.41) is 0. The summed E-state index contributed by atoms with van der Waals surface area (Å²) in [6, 6.07) is 8.57. The van der Waals surface area contributed by atoms with Gasteiger partial charge in [0.05, 0.1) is 10.6 Å². The molecule has 0 spiro atoms. The highest BCUT2D eigenvalue weighted by Crippen LogP contribution is 2.15. The topological polar surface area (TPSA) is 60.4 Å². The maximum atomic E-state index is 12.4. The van der Waals surface area contributed by atoms with Crippen LogP contribution in [0.5, 0.6) is 0 Å². The molecule has 4 nitrogen and oxygen atoms in total. The first-order chi connectivity index (χ1) is 13.2. The lowest BCUT2D eigenvalue weighted by Gasteiger charge is -2.05. The Balaban J connectivity index is 2.40. The van der Waals surface area contributed by atoms with Crippen molar-refractivity contribution in [3.05, 3.63) is 65.3 Å². The van der Waals surface area contributed by atoms with Crippen LogP contribution < -0.4 is 0 Å². The number of sulfone groups is 1. The van der Waals surface area contributed by atoms with Crippen LogP contribution in [0, 0.1) is 0 Å². The molecule has 1 aromatic carbocycles. The second-order valence-electron chi connectivity index (χ2n) is 7.10. The average Bonchev–Trinajstić information content (AvgIpc) is 2.61. The predicted molar refractivity (Wildman–Crippen MR) is 115 cm³/mol. The Labute approximate surface area is 169 Å². The molecule has 0 heterocycles. The summed E-state index contributed by atoms with van der Waals surface area (Å²) in [7, 11) is -3.27. The van der Waals surface area contributed by atoms with Gasteiger partial charge < -0.3 is 4.74 Å². The normalized spacial score (nSPS) is 13.5. The van der Waals surface area contributed by atoms with Crippen LogP contribution in [0.4, 0.5) is 0 Å². The highest BCUT2D eigenvalue weighted by molar-refractivity contribution is 7.91. The second kappa shape index (κ2) is 12.3. The summed E-state index contributed by atoms with van der Waals surface area (Å²) >= 11 is 0. The van der Waals surface area contributed by atoms with Crippen LogP contribution in [-0.2, 0) is 19.4 Å². The molecule has 0 bridgehead atoms. The maximum absolute atomic E-state index is 12.4. The van der Waals surface area contributed by atoms with Gasteiger partial charge in [-0.15, -0.1) is 0 Å². The van der Waals surface area contributed by atoms with Gasteiger partial charge in [-0.1, -0.05) is 47.1 Å². The van der Waals surface area contributed by atoms with Gasteiger partial charge in [0, 0.05) is 6.92 Å². The molecular weight excluding hydrogens is 372 g/mol. The van der Waals surface area contributed by atoms with Crippen molar-refractivity contribution in [3.63, 3.8) is 0 Å². The minimum absolute atomic E-state index is 0.0616. The Morgan fingerprint density at radius 2 is 1.39 bits per heavy atom. The van der Waals surface area contributed by atoms with Crippen molar-refractivity contribution in [2.24, 2.45) is 0 Å². The largest absolute Gasteiger partial charge is 0.462 e. The molecule has 0 aliphatic heterocycles. The molecule has 1 aromatic rings. The average molecular weight is 405 g/mol. The first-order valence-corrected chi connectivity index (χ1v) is 11.2. The molecule has 0 aliphatic carbocycles. The molecule has 0 radical (unpaired) electrons. The molecule has 0 saturated carbocycles. The van der Waals surface area contributed by atoms with E-state index in [1.54, 1.807) is 24.3 Å². The van der Waals surface area contributed by atoms with E-state index in [0.717, 1.165) is 31.3 Å². The van der Waals surface area contributed by atoms with Crippen LogP contribution in [0.25, 0.3) is 0 Å². The summed E-state index contributed by atoms with van der Waals surface area (Å²) in [5.41, 5.74) is 3.37. The van der Waals surface area contributed by atoms with E-state index in [0.29, 0.717) is 11.5 Å². The van der Waals surface area contributed by atoms with Crippen molar-refractivity contribution in [2.45, 2.75) is 58.3 Å². The van der Waals surface area contributed by atoms with Crippen LogP contribution >= 0.6 is 0 Å². The number of hydrogen-bond donors (Lipinski definition) is 0. The van der Waals surface area contributed by atoms with E-state index in [9.17, 15) is 13.2 Å². The van der Waals surface area contributed by atoms with Crippen LogP contribution in [-0.4, -0.2) is 26.7 Å². The number of esters is 1. The molecule has 0 saturated heterocycles. The first kappa shape index (κ1) is 23.9. The fraction of sp³-hybridized carbons (Fsp3) is 0.435. The molecule has 0 aliphatic rings. The maximum Gasteiger partial charge on any atom is 0.302 e. The van der Waals surface area contributed by atoms with E-state index >= 15 is 0 Å². The van der Waals surface area contributed by atoms with E-state index in [1.807, 2.05) is 32.1 Å². The summed E-state index contributed by atoms with van der Waals surface area (Å²) in [5.74, 6) is -0.203. The summed E-state index contributed by atoms with van der Waals surface area (Å²) in [6.45, 7) is 7.74. The van der Waals surface area contributed by atoms with Gasteiger partial charge in [-0.2, -0.15) is 0 Å². The zero-order valence-electron chi connectivity index (χ0n) is 17.4. The van der Waals surface area contributed by atoms with E-state index in [2.05, 4.69) is 13.0 Å². The Kier molecular flexibility index (Phi) is 10.5. The molecular formula is C23H32O4S. The van der Waals surface area contributed by atoms with Gasteiger partial charge in [0.1, 0.15) is 6.61 Å². The van der Waals surface area contributed by atoms with Gasteiger partial charge >= 0.3 is 5.97 Å². The highest BCUT2D eigenvalue weighted by Gasteiger charge is 2.13. The van der Waals surface area contributed by atoms with E-state index in [1.165, 1.54) is 18.1 Å². The quantitative estimate of drug-likeness (QED) is 0.365. The lowest BCUT2D eigenvalue weighted by atomic mass is 10.1. The predicted octanol–water partition coefficient (Wildman–Crippen LogP) is 5.42. The van der Waals surface area contributed by atoms with Crippen LogP contribution in [0.3, 0.4) is 0 Å². The van der Waals surface area contributed by atoms with Crippen molar-refractivity contribution < 1.29 is 17.9 Å². The second-order valence-corrected chi connectivity index (χ2v) is 9.09. The van der Waals surface area contributed by atoms with Crippen molar-refractivity contribution >= 4 is 15.8 Å². The lowest BCUT2D eigenvalue weighted by Crippen LogP contribution is -2.07. The van der Waals surface area contributed by atoms with Crippen LogP contribution in [0.2, 0.25) is 0 Å². The fourth-order valence-electron chi connectivity index (χ4n) is 2.67. The zero-order valence-corrected chi connectivity index (χ0v) is 18.2. The Bertz CT molecular complexity index is 815. The van der Waals surface area contributed by atoms with Crippen molar-refractivity contribution in [3.8, 4) is 0 Å². The molecule has 0 N–H and O–H groups in total. The summed E-state index contributed by atoms with van der Waals surface area (Å²) < 4.78 is 29.6. The van der Waals surface area contributed by atoms with Crippen molar-refractivity contribution in [2.75, 3.05) is 12.4 Å². The molecule has 5 heteroatoms. The van der Waals surface area contributed by atoms with Crippen molar-refractivity contribution in [1.29, 1.82) is 0 Å². The van der Waals surface area contributed by atoms with Gasteiger partial charge in [-0.25, -0.2) is 8.42 Å². The Hall–Kier alpha value is -2.14.